The van der Waals surface area contributed by atoms with Gasteiger partial charge in [-0.15, -0.1) is 0 Å². The molecule has 0 bridgehead atoms. The fourth-order valence-electron chi connectivity index (χ4n) is 3.96. The molecule has 0 atom stereocenters. The molecule has 5 nitrogen and oxygen atoms in total. The van der Waals surface area contributed by atoms with Crippen LogP contribution in [0.4, 0.5) is 0 Å². The lowest BCUT2D eigenvalue weighted by molar-refractivity contribution is 0.0684. The van der Waals surface area contributed by atoms with Crippen molar-refractivity contribution in [2.24, 2.45) is 5.92 Å². The van der Waals surface area contributed by atoms with E-state index in [0.717, 1.165) is 37.3 Å². The number of fused-ring (bicyclic) bond motifs is 1. The first-order valence-electron chi connectivity index (χ1n) is 9.34. The summed E-state index contributed by atoms with van der Waals surface area (Å²) in [6.07, 6.45) is 3.00. The summed E-state index contributed by atoms with van der Waals surface area (Å²) in [6.45, 7) is 1.44. The van der Waals surface area contributed by atoms with Crippen molar-refractivity contribution in [1.82, 2.24) is 9.80 Å². The highest BCUT2D eigenvalue weighted by atomic mass is 16.2. The molecule has 0 unspecified atom stereocenters. The number of nitrogens with zero attached hydrogens (tertiary/aromatic N) is 2. The van der Waals surface area contributed by atoms with Crippen LogP contribution in [0.5, 0.6) is 0 Å². The largest absolute Gasteiger partial charge is 0.339 e. The van der Waals surface area contributed by atoms with E-state index in [1.165, 1.54) is 12.6 Å². The Morgan fingerprint density at radius 1 is 0.963 bits per heavy atom. The Bertz CT molecular complexity index is 899. The van der Waals surface area contributed by atoms with Gasteiger partial charge in [-0.3, -0.25) is 19.3 Å². The fraction of sp³-hybridized carbons (Fsp3) is 0.318. The Balaban J connectivity index is 1.42. The van der Waals surface area contributed by atoms with Crippen molar-refractivity contribution < 1.29 is 14.4 Å². The van der Waals surface area contributed by atoms with Crippen molar-refractivity contribution in [3.05, 3.63) is 70.8 Å². The highest BCUT2D eigenvalue weighted by molar-refractivity contribution is 6.21. The molecule has 2 aliphatic rings. The van der Waals surface area contributed by atoms with E-state index in [0.29, 0.717) is 22.6 Å². The third-order valence-corrected chi connectivity index (χ3v) is 5.61. The van der Waals surface area contributed by atoms with Gasteiger partial charge in [0.2, 0.25) is 0 Å². The number of amides is 3. The molecular weight excluding hydrogens is 340 g/mol. The molecule has 0 spiro atoms. The minimum atomic E-state index is -0.341. The summed E-state index contributed by atoms with van der Waals surface area (Å²) in [7, 11) is 1.46. The van der Waals surface area contributed by atoms with Crippen molar-refractivity contribution in [2.75, 3.05) is 20.1 Å². The van der Waals surface area contributed by atoms with E-state index >= 15 is 0 Å². The number of carbonyl (C=O) groups excluding carboxylic acids is 3. The molecule has 2 heterocycles. The van der Waals surface area contributed by atoms with Gasteiger partial charge in [-0.25, -0.2) is 0 Å². The van der Waals surface area contributed by atoms with E-state index in [-0.39, 0.29) is 17.7 Å². The Kier molecular flexibility index (Phi) is 4.52. The fourth-order valence-corrected chi connectivity index (χ4v) is 3.96. The summed E-state index contributed by atoms with van der Waals surface area (Å²) in [5.74, 6) is -0.128. The molecule has 4 rings (SSSR count). The number of imide groups is 1. The number of piperidine rings is 1. The zero-order valence-corrected chi connectivity index (χ0v) is 15.4. The summed E-state index contributed by atoms with van der Waals surface area (Å²) in [5.41, 5.74) is 2.52. The number of hydrogen-bond acceptors (Lipinski definition) is 3. The summed E-state index contributed by atoms with van der Waals surface area (Å²) >= 11 is 0. The van der Waals surface area contributed by atoms with Crippen LogP contribution in [-0.2, 0) is 6.42 Å². The van der Waals surface area contributed by atoms with E-state index in [9.17, 15) is 14.4 Å². The first-order valence-corrected chi connectivity index (χ1v) is 9.34. The molecule has 27 heavy (non-hydrogen) atoms. The maximum absolute atomic E-state index is 12.9. The summed E-state index contributed by atoms with van der Waals surface area (Å²) < 4.78 is 0. The predicted octanol–water partition coefficient (Wildman–Crippen LogP) is 3.01. The summed E-state index contributed by atoms with van der Waals surface area (Å²) in [6, 6.07) is 15.3. The lowest BCUT2D eigenvalue weighted by Gasteiger charge is -2.32. The molecule has 5 heteroatoms. The average molecular weight is 362 g/mol. The Morgan fingerprint density at radius 3 is 2.33 bits per heavy atom. The van der Waals surface area contributed by atoms with Crippen LogP contribution in [0.15, 0.2) is 48.5 Å². The second kappa shape index (κ2) is 6.99. The molecule has 2 aliphatic heterocycles. The molecule has 1 fully saturated rings. The predicted molar refractivity (Wildman–Crippen MR) is 102 cm³/mol. The zero-order valence-electron chi connectivity index (χ0n) is 15.4. The maximum atomic E-state index is 12.9. The van der Waals surface area contributed by atoms with Gasteiger partial charge in [-0.05, 0) is 48.9 Å². The van der Waals surface area contributed by atoms with Crippen molar-refractivity contribution in [1.29, 1.82) is 0 Å². The SMILES string of the molecule is CN1C(=O)c2ccc(C(=O)N3CCC(Cc4ccccc4)CC3)cc2C1=O. The van der Waals surface area contributed by atoms with E-state index in [1.54, 1.807) is 18.2 Å². The molecular formula is C22H22N2O3. The first-order chi connectivity index (χ1) is 13.0. The number of benzene rings is 2. The quantitative estimate of drug-likeness (QED) is 0.789. The molecule has 3 amide bonds. The van der Waals surface area contributed by atoms with Gasteiger partial charge in [0.05, 0.1) is 11.1 Å². The third kappa shape index (κ3) is 3.25. The lowest BCUT2D eigenvalue weighted by Crippen LogP contribution is -2.39. The zero-order chi connectivity index (χ0) is 19.0. The first kappa shape index (κ1) is 17.5. The number of carbonyl (C=O) groups is 3. The molecule has 0 aliphatic carbocycles. The number of rotatable bonds is 3. The second-order valence-electron chi connectivity index (χ2n) is 7.35. The van der Waals surface area contributed by atoms with Gasteiger partial charge in [0.25, 0.3) is 17.7 Å². The smallest absolute Gasteiger partial charge is 0.261 e. The second-order valence-corrected chi connectivity index (χ2v) is 7.35. The molecule has 0 N–H and O–H groups in total. The van der Waals surface area contributed by atoms with Gasteiger partial charge in [-0.2, -0.15) is 0 Å². The van der Waals surface area contributed by atoms with Crippen LogP contribution in [0.25, 0.3) is 0 Å². The average Bonchev–Trinajstić information content (AvgIpc) is 2.92. The van der Waals surface area contributed by atoms with Crippen LogP contribution in [0.3, 0.4) is 0 Å². The Morgan fingerprint density at radius 2 is 1.63 bits per heavy atom. The normalized spacial score (nSPS) is 17.4. The van der Waals surface area contributed by atoms with Crippen LogP contribution in [0, 0.1) is 5.92 Å². The van der Waals surface area contributed by atoms with Gasteiger partial charge < -0.3 is 4.90 Å². The summed E-state index contributed by atoms with van der Waals surface area (Å²) in [5, 5.41) is 0. The van der Waals surface area contributed by atoms with Gasteiger partial charge in [0.15, 0.2) is 0 Å². The topological polar surface area (TPSA) is 57.7 Å². The maximum Gasteiger partial charge on any atom is 0.261 e. The van der Waals surface area contributed by atoms with Crippen LogP contribution < -0.4 is 0 Å². The minimum absolute atomic E-state index is 0.0641. The number of hydrogen-bond donors (Lipinski definition) is 0. The van der Waals surface area contributed by atoms with Crippen LogP contribution in [0.1, 0.15) is 49.5 Å². The highest BCUT2D eigenvalue weighted by Gasteiger charge is 2.34. The van der Waals surface area contributed by atoms with Crippen molar-refractivity contribution >= 4 is 17.7 Å². The minimum Gasteiger partial charge on any atom is -0.339 e. The van der Waals surface area contributed by atoms with E-state index in [1.807, 2.05) is 11.0 Å². The molecule has 0 saturated carbocycles. The lowest BCUT2D eigenvalue weighted by atomic mass is 9.90. The molecule has 0 radical (unpaired) electrons. The Labute approximate surface area is 158 Å². The molecule has 0 aromatic heterocycles. The summed E-state index contributed by atoms with van der Waals surface area (Å²) in [4.78, 5) is 39.9. The van der Waals surface area contributed by atoms with E-state index in [4.69, 9.17) is 0 Å². The van der Waals surface area contributed by atoms with Gasteiger partial charge in [0.1, 0.15) is 0 Å². The third-order valence-electron chi connectivity index (χ3n) is 5.61. The molecule has 2 aromatic rings. The molecule has 138 valence electrons. The highest BCUT2D eigenvalue weighted by Crippen LogP contribution is 2.26. The van der Waals surface area contributed by atoms with Gasteiger partial charge in [0, 0.05) is 25.7 Å². The van der Waals surface area contributed by atoms with Crippen molar-refractivity contribution in [3.8, 4) is 0 Å². The molecule has 2 aromatic carbocycles. The standard InChI is InChI=1S/C22H22N2O3/c1-23-21(26)18-8-7-17(14-19(18)22(23)27)20(25)24-11-9-16(10-12-24)13-15-5-3-2-4-6-15/h2-8,14,16H,9-13H2,1H3. The number of likely N-dealkylation sites (tertiary alicyclic amines) is 1. The van der Waals surface area contributed by atoms with E-state index < -0.39 is 0 Å². The van der Waals surface area contributed by atoms with Crippen molar-refractivity contribution in [2.45, 2.75) is 19.3 Å². The molecule has 1 saturated heterocycles. The van der Waals surface area contributed by atoms with Gasteiger partial charge >= 0.3 is 0 Å². The van der Waals surface area contributed by atoms with Gasteiger partial charge in [-0.1, -0.05) is 30.3 Å². The van der Waals surface area contributed by atoms with Crippen molar-refractivity contribution in [3.63, 3.8) is 0 Å². The van der Waals surface area contributed by atoms with Crippen LogP contribution >= 0.6 is 0 Å². The monoisotopic (exact) mass is 362 g/mol. The van der Waals surface area contributed by atoms with E-state index in [2.05, 4.69) is 24.3 Å². The van der Waals surface area contributed by atoms with Crippen LogP contribution in [-0.4, -0.2) is 47.7 Å². The van der Waals surface area contributed by atoms with Crippen LogP contribution in [0.2, 0.25) is 0 Å². The Hall–Kier alpha value is -2.95.